The van der Waals surface area contributed by atoms with Crippen LogP contribution in [0.15, 0.2) is 0 Å². The van der Waals surface area contributed by atoms with Gasteiger partial charge in [0.15, 0.2) is 0 Å². The van der Waals surface area contributed by atoms with Crippen molar-refractivity contribution in [3.05, 3.63) is 0 Å². The van der Waals surface area contributed by atoms with Gasteiger partial charge in [-0.2, -0.15) is 0 Å². The van der Waals surface area contributed by atoms with E-state index in [0.717, 1.165) is 6.42 Å². The van der Waals surface area contributed by atoms with E-state index in [1.807, 2.05) is 18.9 Å². The summed E-state index contributed by atoms with van der Waals surface area (Å²) in [5.74, 6) is 0.692. The number of carbonyl (C=O) groups excluding carboxylic acids is 1. The fraction of sp³-hybridized carbons (Fsp3) is 0.923. The van der Waals surface area contributed by atoms with Crippen molar-refractivity contribution in [2.45, 2.75) is 46.2 Å². The Labute approximate surface area is 104 Å². The summed E-state index contributed by atoms with van der Waals surface area (Å²) in [5, 5.41) is 0. The summed E-state index contributed by atoms with van der Waals surface area (Å²) < 4.78 is 5.33. The molecule has 100 valence electrons. The highest BCUT2D eigenvalue weighted by atomic mass is 16.5. The number of nitrogens with zero attached hydrogens (tertiary/aromatic N) is 1. The highest BCUT2D eigenvalue weighted by molar-refractivity contribution is 5.83. The lowest BCUT2D eigenvalue weighted by Crippen LogP contribution is -2.52. The van der Waals surface area contributed by atoms with Crippen molar-refractivity contribution in [1.82, 2.24) is 4.90 Å². The van der Waals surface area contributed by atoms with Gasteiger partial charge in [0, 0.05) is 19.1 Å². The molecule has 1 heterocycles. The number of ether oxygens (including phenoxy) is 1. The SMILES string of the molecule is CC(C)CC(C)N(C)C(=O)C1(C)COCC1N. The first-order valence-electron chi connectivity index (χ1n) is 6.39. The van der Waals surface area contributed by atoms with E-state index in [4.69, 9.17) is 10.5 Å². The second-order valence-electron chi connectivity index (χ2n) is 5.93. The first kappa shape index (κ1) is 14.5. The molecular weight excluding hydrogens is 216 g/mol. The van der Waals surface area contributed by atoms with Crippen LogP contribution < -0.4 is 5.73 Å². The average molecular weight is 242 g/mol. The Morgan fingerprint density at radius 3 is 2.53 bits per heavy atom. The molecule has 1 rings (SSSR count). The molecule has 1 fully saturated rings. The van der Waals surface area contributed by atoms with E-state index >= 15 is 0 Å². The Hall–Kier alpha value is -0.610. The second kappa shape index (κ2) is 5.36. The minimum Gasteiger partial charge on any atom is -0.379 e. The zero-order valence-corrected chi connectivity index (χ0v) is 11.7. The number of hydrogen-bond acceptors (Lipinski definition) is 3. The van der Waals surface area contributed by atoms with Gasteiger partial charge in [0.05, 0.1) is 18.6 Å². The van der Waals surface area contributed by atoms with Crippen LogP contribution >= 0.6 is 0 Å². The minimum atomic E-state index is -0.556. The predicted octanol–water partition coefficient (Wildman–Crippen LogP) is 1.24. The van der Waals surface area contributed by atoms with E-state index in [1.165, 1.54) is 0 Å². The highest BCUT2D eigenvalue weighted by Crippen LogP contribution is 2.30. The molecular formula is C13H26N2O2. The normalized spacial score (nSPS) is 30.6. The van der Waals surface area contributed by atoms with Crippen molar-refractivity contribution < 1.29 is 9.53 Å². The van der Waals surface area contributed by atoms with Crippen molar-refractivity contribution in [3.63, 3.8) is 0 Å². The molecule has 4 nitrogen and oxygen atoms in total. The van der Waals surface area contributed by atoms with Crippen molar-refractivity contribution in [1.29, 1.82) is 0 Å². The van der Waals surface area contributed by atoms with Gasteiger partial charge < -0.3 is 15.4 Å². The largest absolute Gasteiger partial charge is 0.379 e. The monoisotopic (exact) mass is 242 g/mol. The zero-order valence-electron chi connectivity index (χ0n) is 11.7. The van der Waals surface area contributed by atoms with E-state index in [2.05, 4.69) is 20.8 Å². The molecule has 4 heteroatoms. The summed E-state index contributed by atoms with van der Waals surface area (Å²) >= 11 is 0. The van der Waals surface area contributed by atoms with Gasteiger partial charge in [0.25, 0.3) is 0 Å². The Balaban J connectivity index is 2.69. The molecule has 0 aliphatic carbocycles. The Kier molecular flexibility index (Phi) is 4.55. The van der Waals surface area contributed by atoms with Gasteiger partial charge in [-0.05, 0) is 26.2 Å². The molecule has 2 N–H and O–H groups in total. The number of amides is 1. The molecule has 0 radical (unpaired) electrons. The van der Waals surface area contributed by atoms with Crippen LogP contribution in [0.5, 0.6) is 0 Å². The molecule has 1 aliphatic rings. The lowest BCUT2D eigenvalue weighted by molar-refractivity contribution is -0.142. The third-order valence-electron chi connectivity index (χ3n) is 3.80. The molecule has 0 spiro atoms. The predicted molar refractivity (Wildman–Crippen MR) is 68.6 cm³/mol. The smallest absolute Gasteiger partial charge is 0.232 e. The molecule has 0 aromatic heterocycles. The van der Waals surface area contributed by atoms with Crippen molar-refractivity contribution >= 4 is 5.91 Å². The lowest BCUT2D eigenvalue weighted by atomic mass is 9.83. The fourth-order valence-electron chi connectivity index (χ4n) is 2.35. The maximum Gasteiger partial charge on any atom is 0.232 e. The molecule has 0 saturated carbocycles. The van der Waals surface area contributed by atoms with Crippen LogP contribution in [0.2, 0.25) is 0 Å². The van der Waals surface area contributed by atoms with Gasteiger partial charge in [0.2, 0.25) is 5.91 Å². The van der Waals surface area contributed by atoms with Gasteiger partial charge in [-0.25, -0.2) is 0 Å². The third kappa shape index (κ3) is 2.99. The molecule has 1 aliphatic heterocycles. The third-order valence-corrected chi connectivity index (χ3v) is 3.80. The Morgan fingerprint density at radius 1 is 1.53 bits per heavy atom. The van der Waals surface area contributed by atoms with Gasteiger partial charge in [-0.15, -0.1) is 0 Å². The van der Waals surface area contributed by atoms with Crippen LogP contribution in [0.3, 0.4) is 0 Å². The number of nitrogens with two attached hydrogens (primary N) is 1. The van der Waals surface area contributed by atoms with Crippen LogP contribution in [0.1, 0.15) is 34.1 Å². The van der Waals surface area contributed by atoms with Crippen LogP contribution in [-0.4, -0.2) is 43.2 Å². The summed E-state index contributed by atoms with van der Waals surface area (Å²) in [6, 6.07) is 0.0517. The number of hydrogen-bond donors (Lipinski definition) is 1. The number of carbonyl (C=O) groups is 1. The van der Waals surface area contributed by atoms with Crippen molar-refractivity contribution in [2.24, 2.45) is 17.1 Å². The van der Waals surface area contributed by atoms with Gasteiger partial charge in [-0.3, -0.25) is 4.79 Å². The highest BCUT2D eigenvalue weighted by Gasteiger charge is 2.46. The number of rotatable bonds is 4. The van der Waals surface area contributed by atoms with Crippen LogP contribution in [0, 0.1) is 11.3 Å². The molecule has 3 unspecified atom stereocenters. The van der Waals surface area contributed by atoms with Crippen LogP contribution in [0.4, 0.5) is 0 Å². The maximum atomic E-state index is 12.5. The minimum absolute atomic E-state index is 0.107. The van der Waals surface area contributed by atoms with Crippen molar-refractivity contribution in [2.75, 3.05) is 20.3 Å². The molecule has 3 atom stereocenters. The zero-order chi connectivity index (χ0) is 13.2. The molecule has 0 bridgehead atoms. The van der Waals surface area contributed by atoms with E-state index in [9.17, 15) is 4.79 Å². The van der Waals surface area contributed by atoms with E-state index in [-0.39, 0.29) is 18.0 Å². The standard InChI is InChI=1S/C13H26N2O2/c1-9(2)6-10(3)15(5)12(16)13(4)8-17-7-11(13)14/h9-11H,6-8,14H2,1-5H3. The molecule has 17 heavy (non-hydrogen) atoms. The van der Waals surface area contributed by atoms with Crippen LogP contribution in [0.25, 0.3) is 0 Å². The molecule has 0 aromatic rings. The Bertz CT molecular complexity index is 281. The summed E-state index contributed by atoms with van der Waals surface area (Å²) in [6.45, 7) is 9.25. The molecule has 1 amide bonds. The second-order valence-corrected chi connectivity index (χ2v) is 5.93. The summed E-state index contributed by atoms with van der Waals surface area (Å²) in [4.78, 5) is 14.3. The van der Waals surface area contributed by atoms with Gasteiger partial charge in [0.1, 0.15) is 0 Å². The summed E-state index contributed by atoms with van der Waals surface area (Å²) in [5.41, 5.74) is 5.43. The first-order valence-corrected chi connectivity index (χ1v) is 6.39. The molecule has 0 aromatic carbocycles. The van der Waals surface area contributed by atoms with Crippen LogP contribution in [-0.2, 0) is 9.53 Å². The van der Waals surface area contributed by atoms with E-state index in [1.54, 1.807) is 0 Å². The maximum absolute atomic E-state index is 12.5. The van der Waals surface area contributed by atoms with E-state index in [0.29, 0.717) is 19.1 Å². The Morgan fingerprint density at radius 2 is 2.12 bits per heavy atom. The summed E-state index contributed by atoms with van der Waals surface area (Å²) in [6.07, 6.45) is 1.01. The van der Waals surface area contributed by atoms with Gasteiger partial charge in [-0.1, -0.05) is 13.8 Å². The van der Waals surface area contributed by atoms with Gasteiger partial charge >= 0.3 is 0 Å². The topological polar surface area (TPSA) is 55.6 Å². The van der Waals surface area contributed by atoms with Crippen molar-refractivity contribution in [3.8, 4) is 0 Å². The molecule has 1 saturated heterocycles. The summed E-state index contributed by atoms with van der Waals surface area (Å²) in [7, 11) is 1.87. The fourth-order valence-corrected chi connectivity index (χ4v) is 2.35. The quantitative estimate of drug-likeness (QED) is 0.807. The lowest BCUT2D eigenvalue weighted by Gasteiger charge is -2.35. The first-order chi connectivity index (χ1) is 7.79. The average Bonchev–Trinajstić information content (AvgIpc) is 2.57. The van der Waals surface area contributed by atoms with E-state index < -0.39 is 5.41 Å².